The zero-order chi connectivity index (χ0) is 21.9. The lowest BCUT2D eigenvalue weighted by Gasteiger charge is -2.37. The van der Waals surface area contributed by atoms with Crippen LogP contribution in [0, 0.1) is 0 Å². The van der Waals surface area contributed by atoms with Gasteiger partial charge in [0.2, 0.25) is 0 Å². The van der Waals surface area contributed by atoms with Gasteiger partial charge in [-0.3, -0.25) is 4.79 Å². The number of amides is 3. The van der Waals surface area contributed by atoms with Crippen LogP contribution in [-0.4, -0.2) is 37.0 Å². The number of para-hydroxylation sites is 1. The lowest BCUT2D eigenvalue weighted by molar-refractivity contribution is 0.102. The minimum Gasteiger partial charge on any atom is -0.369 e. The molecule has 3 amide bonds. The van der Waals surface area contributed by atoms with Crippen molar-refractivity contribution in [1.29, 1.82) is 0 Å². The first-order chi connectivity index (χ1) is 14.1. The van der Waals surface area contributed by atoms with Crippen LogP contribution in [0.25, 0.3) is 0 Å². The average molecular weight is 483 g/mol. The van der Waals surface area contributed by atoms with Crippen LogP contribution in [0.2, 0.25) is 0 Å². The molecule has 0 bridgehead atoms. The Morgan fingerprint density at radius 2 is 2.03 bits per heavy atom. The molecule has 7 nitrogen and oxygen atoms in total. The van der Waals surface area contributed by atoms with E-state index in [0.29, 0.717) is 23.4 Å². The number of nitrogens with zero attached hydrogens (tertiary/aromatic N) is 1. The second-order valence-corrected chi connectivity index (χ2v) is 8.72. The number of allylic oxidation sites excluding steroid dienone is 2. The van der Waals surface area contributed by atoms with Gasteiger partial charge < -0.3 is 21.5 Å². The fourth-order valence-electron chi connectivity index (χ4n) is 2.81. The summed E-state index contributed by atoms with van der Waals surface area (Å²) in [5, 5.41) is 15.1. The van der Waals surface area contributed by atoms with Crippen LogP contribution in [-0.2, 0) is 6.42 Å². The summed E-state index contributed by atoms with van der Waals surface area (Å²) in [4.78, 5) is 25.5. The van der Waals surface area contributed by atoms with Crippen molar-refractivity contribution in [2.75, 3.05) is 5.32 Å². The van der Waals surface area contributed by atoms with Crippen LogP contribution in [0.1, 0.15) is 16.1 Å². The molecular formula is C19H16Cl2N4O3S2. The third kappa shape index (κ3) is 4.71. The quantitative estimate of drug-likeness (QED) is 0.385. The van der Waals surface area contributed by atoms with Gasteiger partial charge in [0.05, 0.1) is 5.51 Å². The lowest BCUT2D eigenvalue weighted by Crippen LogP contribution is -2.56. The number of urea groups is 1. The van der Waals surface area contributed by atoms with Gasteiger partial charge in [0.15, 0.2) is 9.93 Å². The fraction of sp³-hybridized carbons (Fsp3) is 0.158. The number of nitrogens with one attached hydrogen (secondary N) is 2. The number of thiocarbonyl (C=S) groups is 1. The smallest absolute Gasteiger partial charge is 0.317 e. The summed E-state index contributed by atoms with van der Waals surface area (Å²) in [7, 11) is 0. The van der Waals surface area contributed by atoms with Crippen LogP contribution < -0.4 is 16.4 Å². The maximum Gasteiger partial charge on any atom is 0.317 e. The van der Waals surface area contributed by atoms with Crippen molar-refractivity contribution in [2.24, 2.45) is 5.73 Å². The molecule has 1 aliphatic carbocycles. The Morgan fingerprint density at radius 1 is 1.30 bits per heavy atom. The summed E-state index contributed by atoms with van der Waals surface area (Å²) < 4.78 is 0. The molecular weight excluding hydrogens is 467 g/mol. The van der Waals surface area contributed by atoms with E-state index in [-0.39, 0.29) is 10.9 Å². The van der Waals surface area contributed by atoms with E-state index in [1.807, 2.05) is 12.1 Å². The van der Waals surface area contributed by atoms with Crippen molar-refractivity contribution in [3.8, 4) is 0 Å². The molecule has 0 fully saturated rings. The van der Waals surface area contributed by atoms with E-state index in [0.717, 1.165) is 5.56 Å². The fourth-order valence-corrected chi connectivity index (χ4v) is 4.17. The van der Waals surface area contributed by atoms with Crippen LogP contribution in [0.4, 0.5) is 10.5 Å². The standard InChI is InChI=1S/C19H16Cl2N4O3S2/c20-18(16(29)25-17(22)27)8-11(5-6-19(18,21)28)7-12-3-1-2-4-13(12)24-15(26)14-9-30-10-23-14/h1-6,8-10,28H,7H2,(H,24,26)(H3,22,25,27,29). The van der Waals surface area contributed by atoms with Crippen molar-refractivity contribution < 1.29 is 14.7 Å². The van der Waals surface area contributed by atoms with Gasteiger partial charge in [-0.2, -0.15) is 0 Å². The predicted octanol–water partition coefficient (Wildman–Crippen LogP) is 3.33. The number of rotatable bonds is 5. The zero-order valence-corrected chi connectivity index (χ0v) is 18.4. The summed E-state index contributed by atoms with van der Waals surface area (Å²) in [6.07, 6.45) is 4.67. The van der Waals surface area contributed by atoms with E-state index in [1.165, 1.54) is 23.5 Å². The van der Waals surface area contributed by atoms with Crippen LogP contribution in [0.3, 0.4) is 0 Å². The highest BCUT2D eigenvalue weighted by Crippen LogP contribution is 2.41. The van der Waals surface area contributed by atoms with E-state index in [4.69, 9.17) is 41.2 Å². The number of aromatic nitrogens is 1. The number of primary amides is 1. The van der Waals surface area contributed by atoms with E-state index < -0.39 is 16.0 Å². The number of hydrogen-bond donors (Lipinski definition) is 4. The first kappa shape index (κ1) is 22.4. The highest BCUT2D eigenvalue weighted by molar-refractivity contribution is 7.80. The minimum atomic E-state index is -2.07. The molecule has 0 saturated carbocycles. The Bertz CT molecular complexity index is 1050. The first-order valence-corrected chi connectivity index (χ1v) is 10.6. The number of anilines is 1. The highest BCUT2D eigenvalue weighted by Gasteiger charge is 2.50. The normalized spacial score (nSPS) is 22.8. The number of thiazole rings is 1. The largest absolute Gasteiger partial charge is 0.369 e. The molecule has 30 heavy (non-hydrogen) atoms. The van der Waals surface area contributed by atoms with Gasteiger partial charge >= 0.3 is 6.03 Å². The molecule has 1 aromatic carbocycles. The van der Waals surface area contributed by atoms with Gasteiger partial charge in [0.25, 0.3) is 5.91 Å². The Kier molecular flexibility index (Phi) is 6.59. The monoisotopic (exact) mass is 482 g/mol. The maximum atomic E-state index is 12.4. The Morgan fingerprint density at radius 3 is 2.70 bits per heavy atom. The summed E-state index contributed by atoms with van der Waals surface area (Å²) in [5.74, 6) is -0.328. The Hall–Kier alpha value is -2.30. The van der Waals surface area contributed by atoms with Gasteiger partial charge in [-0.25, -0.2) is 9.78 Å². The van der Waals surface area contributed by atoms with Gasteiger partial charge in [-0.05, 0) is 35.8 Å². The number of alkyl halides is 2. The number of carbonyl (C=O) groups excluding carboxylic acids is 2. The number of aliphatic hydroxyl groups is 1. The van der Waals surface area contributed by atoms with Crippen molar-refractivity contribution >= 4 is 69.4 Å². The molecule has 5 N–H and O–H groups in total. The lowest BCUT2D eigenvalue weighted by atomic mass is 9.88. The van der Waals surface area contributed by atoms with Crippen LogP contribution in [0.15, 0.2) is 59.0 Å². The Labute approximate surface area is 191 Å². The Balaban J connectivity index is 1.87. The molecule has 0 saturated heterocycles. The summed E-state index contributed by atoms with van der Waals surface area (Å²) in [6.45, 7) is 0. The third-order valence-corrected chi connectivity index (χ3v) is 6.53. The molecule has 1 heterocycles. The van der Waals surface area contributed by atoms with Gasteiger partial charge in [-0.15, -0.1) is 22.9 Å². The molecule has 1 aromatic heterocycles. The van der Waals surface area contributed by atoms with E-state index >= 15 is 0 Å². The van der Waals surface area contributed by atoms with Gasteiger partial charge in [0, 0.05) is 11.1 Å². The number of benzene rings is 1. The maximum absolute atomic E-state index is 12.4. The average Bonchev–Trinajstić information content (AvgIpc) is 3.21. The topological polar surface area (TPSA) is 117 Å². The summed E-state index contributed by atoms with van der Waals surface area (Å²) >= 11 is 19.1. The van der Waals surface area contributed by atoms with Gasteiger partial charge in [-0.1, -0.05) is 48.1 Å². The molecule has 0 aliphatic heterocycles. The molecule has 156 valence electrons. The zero-order valence-electron chi connectivity index (χ0n) is 15.3. The van der Waals surface area contributed by atoms with Crippen LogP contribution in [0.5, 0.6) is 0 Å². The predicted molar refractivity (Wildman–Crippen MR) is 122 cm³/mol. The highest BCUT2D eigenvalue weighted by atomic mass is 35.5. The van der Waals surface area contributed by atoms with E-state index in [9.17, 15) is 14.7 Å². The summed E-state index contributed by atoms with van der Waals surface area (Å²) in [5.41, 5.74) is 9.03. The third-order valence-electron chi connectivity index (χ3n) is 4.31. The van der Waals surface area contributed by atoms with E-state index in [1.54, 1.807) is 29.1 Å². The van der Waals surface area contributed by atoms with Crippen molar-refractivity contribution in [2.45, 2.75) is 16.4 Å². The minimum absolute atomic E-state index is 0.235. The SMILES string of the molecule is NC(=O)NC(=S)C1(Cl)C=C(Cc2ccccc2NC(=O)c2cscn2)C=CC1(O)Cl. The molecule has 0 radical (unpaired) electrons. The van der Waals surface area contributed by atoms with Crippen molar-refractivity contribution in [3.05, 3.63) is 70.2 Å². The second-order valence-electron chi connectivity index (χ2n) is 6.42. The number of carbonyl (C=O) groups is 2. The van der Waals surface area contributed by atoms with Crippen molar-refractivity contribution in [1.82, 2.24) is 10.3 Å². The second kappa shape index (κ2) is 8.83. The molecule has 0 spiro atoms. The molecule has 1 aliphatic rings. The summed E-state index contributed by atoms with van der Waals surface area (Å²) in [6, 6.07) is 6.29. The van der Waals surface area contributed by atoms with Crippen LogP contribution >= 0.6 is 46.8 Å². The number of nitrogens with two attached hydrogens (primary N) is 1. The molecule has 11 heteroatoms. The molecule has 2 atom stereocenters. The van der Waals surface area contributed by atoms with Gasteiger partial charge in [0.1, 0.15) is 10.7 Å². The molecule has 3 rings (SSSR count). The van der Waals surface area contributed by atoms with Crippen molar-refractivity contribution in [3.63, 3.8) is 0 Å². The first-order valence-electron chi connectivity index (χ1n) is 8.52. The number of halogens is 2. The molecule has 2 aromatic rings. The molecule has 2 unspecified atom stereocenters. The number of hydrogen-bond acceptors (Lipinski definition) is 6. The van der Waals surface area contributed by atoms with E-state index in [2.05, 4.69) is 15.6 Å².